The van der Waals surface area contributed by atoms with Gasteiger partial charge in [-0.2, -0.15) is 0 Å². The van der Waals surface area contributed by atoms with Crippen molar-refractivity contribution in [1.82, 2.24) is 15.5 Å². The molecule has 1 aliphatic rings. The van der Waals surface area contributed by atoms with Crippen LogP contribution < -0.4 is 10.6 Å². The highest BCUT2D eigenvalue weighted by Gasteiger charge is 2.24. The monoisotopic (exact) mass is 560 g/mol. The largest absolute Gasteiger partial charge is 0.379 e. The molecule has 0 spiro atoms. The van der Waals surface area contributed by atoms with Crippen molar-refractivity contribution in [2.45, 2.75) is 13.0 Å². The molecule has 1 saturated heterocycles. The van der Waals surface area contributed by atoms with Crippen LogP contribution in [0.4, 0.5) is 0 Å². The molecule has 11 heteroatoms. The third-order valence-electron chi connectivity index (χ3n) is 4.40. The first-order chi connectivity index (χ1) is 13.4. The number of halogens is 1. The van der Waals surface area contributed by atoms with Crippen LogP contribution >= 0.6 is 35.3 Å². The first-order valence-corrected chi connectivity index (χ1v) is 12.3. The van der Waals surface area contributed by atoms with Gasteiger partial charge in [0.2, 0.25) is 0 Å². The van der Waals surface area contributed by atoms with Gasteiger partial charge in [0, 0.05) is 49.2 Å². The fourth-order valence-electron chi connectivity index (χ4n) is 2.90. The van der Waals surface area contributed by atoms with E-state index in [-0.39, 0.29) is 42.4 Å². The Morgan fingerprint density at radius 2 is 2.03 bits per heavy atom. The molecule has 0 saturated carbocycles. The molecule has 1 unspecified atom stereocenters. The van der Waals surface area contributed by atoms with Gasteiger partial charge >= 0.3 is 0 Å². The zero-order chi connectivity index (χ0) is 20.4. The number of hydrogen-bond donors (Lipinski definition) is 2. The number of aliphatic imine (C=N–C) groups is 1. The van der Waals surface area contributed by atoms with Crippen LogP contribution in [-0.4, -0.2) is 90.9 Å². The van der Waals surface area contributed by atoms with Gasteiger partial charge in [-0.25, -0.2) is 8.42 Å². The maximum Gasteiger partial charge on any atom is 0.191 e. The summed E-state index contributed by atoms with van der Waals surface area (Å²) in [5, 5.41) is 6.61. The number of hydrogen-bond acceptors (Lipinski definition) is 7. The number of guanidine groups is 1. The lowest BCUT2D eigenvalue weighted by Crippen LogP contribution is -2.46. The van der Waals surface area contributed by atoms with Crippen molar-refractivity contribution in [3.63, 3.8) is 0 Å². The Morgan fingerprint density at radius 1 is 1.31 bits per heavy atom. The Labute approximate surface area is 195 Å². The first kappa shape index (κ1) is 26.6. The number of rotatable bonds is 10. The molecule has 2 heterocycles. The SMILES string of the molecule is CN=C(NCCOCCS(C)(=O)=O)NCC(c1ccc(C)s1)N1CCOCC1.I. The number of ether oxygens (including phenoxy) is 2. The van der Waals surface area contributed by atoms with Crippen LogP contribution in [0.3, 0.4) is 0 Å². The minimum atomic E-state index is -2.98. The van der Waals surface area contributed by atoms with Crippen LogP contribution in [0.25, 0.3) is 0 Å². The smallest absolute Gasteiger partial charge is 0.191 e. The average Bonchev–Trinajstić information content (AvgIpc) is 3.09. The quantitative estimate of drug-likeness (QED) is 0.193. The third-order valence-corrected chi connectivity index (χ3v) is 6.41. The summed E-state index contributed by atoms with van der Waals surface area (Å²) in [7, 11) is -1.24. The topological polar surface area (TPSA) is 92.3 Å². The predicted molar refractivity (Wildman–Crippen MR) is 129 cm³/mol. The molecule has 0 bridgehead atoms. The molecule has 2 rings (SSSR count). The number of thiophene rings is 1. The number of sulfone groups is 1. The first-order valence-electron chi connectivity index (χ1n) is 9.47. The second-order valence-corrected chi connectivity index (χ2v) is 10.3. The standard InChI is InChI=1S/C18H32N4O4S2.HI/c1-15-4-5-17(27-15)16(22-7-10-26-11-8-22)14-21-18(19-2)20-6-9-25-12-13-28(3,23)24;/h4-5,16H,6-14H2,1-3H3,(H2,19,20,21);1H. The van der Waals surface area contributed by atoms with Gasteiger partial charge in [-0.15, -0.1) is 35.3 Å². The minimum absolute atomic E-state index is 0. The summed E-state index contributed by atoms with van der Waals surface area (Å²) in [6.07, 6.45) is 1.21. The number of nitrogens with zero attached hydrogens (tertiary/aromatic N) is 2. The van der Waals surface area contributed by atoms with E-state index in [1.807, 2.05) is 11.3 Å². The predicted octanol–water partition coefficient (Wildman–Crippen LogP) is 1.27. The highest BCUT2D eigenvalue weighted by molar-refractivity contribution is 14.0. The number of aryl methyl sites for hydroxylation is 1. The van der Waals surface area contributed by atoms with E-state index in [0.717, 1.165) is 32.8 Å². The van der Waals surface area contributed by atoms with Crippen molar-refractivity contribution in [3.8, 4) is 0 Å². The molecule has 0 radical (unpaired) electrons. The van der Waals surface area contributed by atoms with Crippen molar-refractivity contribution < 1.29 is 17.9 Å². The number of morpholine rings is 1. The zero-order valence-corrected chi connectivity index (χ0v) is 21.3. The van der Waals surface area contributed by atoms with Crippen LogP contribution in [0.15, 0.2) is 17.1 Å². The highest BCUT2D eigenvalue weighted by atomic mass is 127. The van der Waals surface area contributed by atoms with Gasteiger partial charge in [-0.3, -0.25) is 9.89 Å². The Morgan fingerprint density at radius 3 is 2.62 bits per heavy atom. The fraction of sp³-hybridized carbons (Fsp3) is 0.722. The molecule has 1 atom stereocenters. The summed E-state index contributed by atoms with van der Waals surface area (Å²) >= 11 is 1.83. The summed E-state index contributed by atoms with van der Waals surface area (Å²) in [5.41, 5.74) is 0. The molecule has 0 amide bonds. The Kier molecular flexibility index (Phi) is 12.6. The second kappa shape index (κ2) is 13.8. The van der Waals surface area contributed by atoms with Crippen LogP contribution in [0.2, 0.25) is 0 Å². The molecule has 8 nitrogen and oxygen atoms in total. The lowest BCUT2D eigenvalue weighted by Gasteiger charge is -2.34. The minimum Gasteiger partial charge on any atom is -0.379 e. The molecule has 1 aromatic rings. The van der Waals surface area contributed by atoms with Crippen molar-refractivity contribution >= 4 is 51.1 Å². The van der Waals surface area contributed by atoms with Crippen LogP contribution in [0.1, 0.15) is 15.8 Å². The zero-order valence-electron chi connectivity index (χ0n) is 17.3. The van der Waals surface area contributed by atoms with E-state index in [9.17, 15) is 8.42 Å². The van der Waals surface area contributed by atoms with Crippen LogP contribution in [0, 0.1) is 6.92 Å². The van der Waals surface area contributed by atoms with Crippen molar-refractivity contribution in [2.75, 3.05) is 71.7 Å². The van der Waals surface area contributed by atoms with Crippen LogP contribution in [-0.2, 0) is 19.3 Å². The maximum absolute atomic E-state index is 11.1. The molecular weight excluding hydrogens is 527 g/mol. The summed E-state index contributed by atoms with van der Waals surface area (Å²) in [5.74, 6) is 0.750. The van der Waals surface area contributed by atoms with Gasteiger partial charge in [0.15, 0.2) is 5.96 Å². The molecule has 29 heavy (non-hydrogen) atoms. The van der Waals surface area contributed by atoms with Crippen molar-refractivity contribution in [3.05, 3.63) is 21.9 Å². The highest BCUT2D eigenvalue weighted by Crippen LogP contribution is 2.27. The molecule has 0 aromatic carbocycles. The van der Waals surface area contributed by atoms with Gasteiger partial charge in [0.25, 0.3) is 0 Å². The lowest BCUT2D eigenvalue weighted by atomic mass is 10.2. The fourth-order valence-corrected chi connectivity index (χ4v) is 4.33. The summed E-state index contributed by atoms with van der Waals surface area (Å²) in [6, 6.07) is 4.63. The summed E-state index contributed by atoms with van der Waals surface area (Å²) in [6.45, 7) is 7.43. The molecule has 0 aliphatic carbocycles. The Hall–Kier alpha value is -0.470. The average molecular weight is 561 g/mol. The van der Waals surface area contributed by atoms with Gasteiger partial charge in [0.05, 0.1) is 38.2 Å². The Bertz CT molecular complexity index is 721. The molecule has 2 N–H and O–H groups in total. The van der Waals surface area contributed by atoms with E-state index in [1.54, 1.807) is 7.05 Å². The van der Waals surface area contributed by atoms with E-state index >= 15 is 0 Å². The number of nitrogens with one attached hydrogen (secondary N) is 2. The van der Waals surface area contributed by atoms with Crippen molar-refractivity contribution in [2.24, 2.45) is 4.99 Å². The molecule has 168 valence electrons. The van der Waals surface area contributed by atoms with E-state index < -0.39 is 9.84 Å². The second-order valence-electron chi connectivity index (χ2n) is 6.73. The van der Waals surface area contributed by atoms with E-state index in [4.69, 9.17) is 9.47 Å². The Balaban J connectivity index is 0.00000420. The van der Waals surface area contributed by atoms with Crippen LogP contribution in [0.5, 0.6) is 0 Å². The van der Waals surface area contributed by atoms with E-state index in [0.29, 0.717) is 19.1 Å². The summed E-state index contributed by atoms with van der Waals surface area (Å²) in [4.78, 5) is 9.36. The molecule has 1 fully saturated rings. The maximum atomic E-state index is 11.1. The normalized spacial score (nSPS) is 16.9. The van der Waals surface area contributed by atoms with Crippen molar-refractivity contribution in [1.29, 1.82) is 0 Å². The molecule has 1 aromatic heterocycles. The van der Waals surface area contributed by atoms with E-state index in [2.05, 4.69) is 39.6 Å². The van der Waals surface area contributed by atoms with E-state index in [1.165, 1.54) is 16.0 Å². The van der Waals surface area contributed by atoms with Gasteiger partial charge < -0.3 is 20.1 Å². The third kappa shape index (κ3) is 10.4. The lowest BCUT2D eigenvalue weighted by molar-refractivity contribution is 0.0177. The van der Waals surface area contributed by atoms with Gasteiger partial charge in [0.1, 0.15) is 9.84 Å². The van der Waals surface area contributed by atoms with Gasteiger partial charge in [-0.1, -0.05) is 0 Å². The summed E-state index contributed by atoms with van der Waals surface area (Å²) < 4.78 is 33.0. The molecular formula is C18H33IN4O4S2. The van der Waals surface area contributed by atoms with Gasteiger partial charge in [-0.05, 0) is 19.1 Å². The molecule has 1 aliphatic heterocycles.